The molecule has 40 heavy (non-hydrogen) atoms. The predicted octanol–water partition coefficient (Wildman–Crippen LogP) is 13.7. The zero-order valence-electron chi connectivity index (χ0n) is 28.2. The van der Waals surface area contributed by atoms with Crippen molar-refractivity contribution in [2.75, 3.05) is 6.61 Å². The molecule has 0 saturated heterocycles. The molecule has 0 fully saturated rings. The molecular formula is C38H76O2. The molecule has 0 heterocycles. The van der Waals surface area contributed by atoms with Crippen molar-refractivity contribution in [3.8, 4) is 0 Å². The summed E-state index contributed by atoms with van der Waals surface area (Å²) in [4.78, 5) is 12.3. The van der Waals surface area contributed by atoms with E-state index in [0.29, 0.717) is 13.0 Å². The fourth-order valence-electron chi connectivity index (χ4n) is 6.09. The molecule has 0 N–H and O–H groups in total. The third-order valence-electron chi connectivity index (χ3n) is 8.96. The number of hydrogen-bond acceptors (Lipinski definition) is 2. The van der Waals surface area contributed by atoms with Crippen LogP contribution in [0.4, 0.5) is 0 Å². The molecule has 0 spiro atoms. The van der Waals surface area contributed by atoms with Crippen molar-refractivity contribution in [2.45, 2.75) is 226 Å². The van der Waals surface area contributed by atoms with Crippen LogP contribution < -0.4 is 0 Å². The highest BCUT2D eigenvalue weighted by Crippen LogP contribution is 2.22. The molecule has 0 radical (unpaired) electrons. The van der Waals surface area contributed by atoms with E-state index in [4.69, 9.17) is 4.74 Å². The standard InChI is InChI=1S/C38H76O2/c1-4-7-10-13-16-17-18-19-20-21-22-23-25-28-31-34-38(39)40-36-35-37(32-29-26-15-12-9-6-3)33-30-27-24-14-11-8-5-2/h37H,4-36H2,1-3H3. The summed E-state index contributed by atoms with van der Waals surface area (Å²) < 4.78 is 5.68. The molecule has 0 saturated carbocycles. The van der Waals surface area contributed by atoms with Gasteiger partial charge in [-0.05, 0) is 18.8 Å². The minimum atomic E-state index is 0.0453. The number of ether oxygens (including phenoxy) is 1. The van der Waals surface area contributed by atoms with Crippen LogP contribution in [0.3, 0.4) is 0 Å². The summed E-state index contributed by atoms with van der Waals surface area (Å²) in [6.45, 7) is 7.52. The van der Waals surface area contributed by atoms with Crippen molar-refractivity contribution in [2.24, 2.45) is 5.92 Å². The maximum atomic E-state index is 12.3. The number of unbranched alkanes of at least 4 members (excludes halogenated alkanes) is 25. The van der Waals surface area contributed by atoms with Gasteiger partial charge in [0.1, 0.15) is 0 Å². The topological polar surface area (TPSA) is 26.3 Å². The van der Waals surface area contributed by atoms with Gasteiger partial charge in [-0.1, -0.05) is 207 Å². The van der Waals surface area contributed by atoms with Crippen LogP contribution in [0.2, 0.25) is 0 Å². The van der Waals surface area contributed by atoms with Crippen molar-refractivity contribution >= 4 is 5.97 Å². The first-order valence-electron chi connectivity index (χ1n) is 18.9. The molecule has 0 aliphatic heterocycles. The van der Waals surface area contributed by atoms with E-state index in [-0.39, 0.29) is 5.97 Å². The third-order valence-corrected chi connectivity index (χ3v) is 8.96. The van der Waals surface area contributed by atoms with Gasteiger partial charge >= 0.3 is 5.97 Å². The summed E-state index contributed by atoms with van der Waals surface area (Å²) >= 11 is 0. The highest BCUT2D eigenvalue weighted by atomic mass is 16.5. The average molecular weight is 565 g/mol. The fraction of sp³-hybridized carbons (Fsp3) is 0.974. The van der Waals surface area contributed by atoms with Crippen LogP contribution in [0.25, 0.3) is 0 Å². The molecule has 240 valence electrons. The van der Waals surface area contributed by atoms with Crippen molar-refractivity contribution in [3.05, 3.63) is 0 Å². The van der Waals surface area contributed by atoms with Crippen molar-refractivity contribution in [3.63, 3.8) is 0 Å². The summed E-state index contributed by atoms with van der Waals surface area (Å²) in [5.74, 6) is 0.796. The molecule has 0 rings (SSSR count). The number of carbonyl (C=O) groups excluding carboxylic acids is 1. The van der Waals surface area contributed by atoms with Crippen molar-refractivity contribution < 1.29 is 9.53 Å². The first-order chi connectivity index (χ1) is 19.7. The smallest absolute Gasteiger partial charge is 0.305 e. The SMILES string of the molecule is CCCCCCCCCCCCCCCCCC(=O)OCCC(CCCCCCCC)CCCCCCCCC. The van der Waals surface area contributed by atoms with Gasteiger partial charge in [0, 0.05) is 6.42 Å². The monoisotopic (exact) mass is 565 g/mol. The average Bonchev–Trinajstić information content (AvgIpc) is 2.96. The van der Waals surface area contributed by atoms with Crippen LogP contribution >= 0.6 is 0 Å². The highest BCUT2D eigenvalue weighted by Gasteiger charge is 2.11. The van der Waals surface area contributed by atoms with Gasteiger partial charge in [-0.15, -0.1) is 0 Å². The maximum absolute atomic E-state index is 12.3. The maximum Gasteiger partial charge on any atom is 0.305 e. The Bertz CT molecular complexity index is 474. The van der Waals surface area contributed by atoms with Crippen LogP contribution in [0.1, 0.15) is 226 Å². The van der Waals surface area contributed by atoms with Gasteiger partial charge in [-0.3, -0.25) is 4.79 Å². The Labute approximate surface area is 254 Å². The molecule has 0 aromatic heterocycles. The first-order valence-corrected chi connectivity index (χ1v) is 18.9. The normalized spacial score (nSPS) is 12.2. The molecule has 0 aromatic carbocycles. The highest BCUT2D eigenvalue weighted by molar-refractivity contribution is 5.69. The molecule has 0 amide bonds. The van der Waals surface area contributed by atoms with Gasteiger partial charge < -0.3 is 4.74 Å². The lowest BCUT2D eigenvalue weighted by atomic mass is 9.91. The van der Waals surface area contributed by atoms with Crippen molar-refractivity contribution in [1.82, 2.24) is 0 Å². The predicted molar refractivity (Wildman–Crippen MR) is 179 cm³/mol. The second-order valence-corrected chi connectivity index (χ2v) is 13.0. The van der Waals surface area contributed by atoms with E-state index in [9.17, 15) is 4.79 Å². The zero-order valence-corrected chi connectivity index (χ0v) is 28.2. The van der Waals surface area contributed by atoms with Crippen LogP contribution in [0.5, 0.6) is 0 Å². The van der Waals surface area contributed by atoms with E-state index in [1.807, 2.05) is 0 Å². The van der Waals surface area contributed by atoms with Gasteiger partial charge in [0.25, 0.3) is 0 Å². The quantitative estimate of drug-likeness (QED) is 0.0574. The molecular weight excluding hydrogens is 488 g/mol. The Balaban J connectivity index is 3.75. The van der Waals surface area contributed by atoms with Gasteiger partial charge in [0.2, 0.25) is 0 Å². The van der Waals surface area contributed by atoms with Gasteiger partial charge in [0.05, 0.1) is 6.61 Å². The first kappa shape index (κ1) is 39.5. The molecule has 1 unspecified atom stereocenters. The van der Waals surface area contributed by atoms with Gasteiger partial charge in [0.15, 0.2) is 0 Å². The molecule has 2 heteroatoms. The van der Waals surface area contributed by atoms with E-state index in [0.717, 1.165) is 18.8 Å². The van der Waals surface area contributed by atoms with E-state index in [1.165, 1.54) is 186 Å². The molecule has 0 aromatic rings. The Morgan fingerprint density at radius 3 is 1.05 bits per heavy atom. The number of carbonyl (C=O) groups is 1. The van der Waals surface area contributed by atoms with E-state index in [1.54, 1.807) is 0 Å². The van der Waals surface area contributed by atoms with Crippen LogP contribution in [0, 0.1) is 5.92 Å². The third kappa shape index (κ3) is 32.0. The Morgan fingerprint density at radius 2 is 0.700 bits per heavy atom. The van der Waals surface area contributed by atoms with Gasteiger partial charge in [-0.25, -0.2) is 0 Å². The van der Waals surface area contributed by atoms with Crippen molar-refractivity contribution in [1.29, 1.82) is 0 Å². The summed E-state index contributed by atoms with van der Waals surface area (Å²) in [6.07, 6.45) is 42.7. The van der Waals surface area contributed by atoms with Crippen LogP contribution in [-0.2, 0) is 9.53 Å². The second kappa shape index (κ2) is 34.7. The lowest BCUT2D eigenvalue weighted by molar-refractivity contribution is -0.144. The lowest BCUT2D eigenvalue weighted by Crippen LogP contribution is -2.10. The molecule has 1 atom stereocenters. The lowest BCUT2D eigenvalue weighted by Gasteiger charge is -2.17. The van der Waals surface area contributed by atoms with Crippen LogP contribution in [-0.4, -0.2) is 12.6 Å². The minimum Gasteiger partial charge on any atom is -0.466 e. The molecule has 0 aliphatic rings. The molecule has 0 bridgehead atoms. The zero-order chi connectivity index (χ0) is 29.2. The van der Waals surface area contributed by atoms with Crippen LogP contribution in [0.15, 0.2) is 0 Å². The summed E-state index contributed by atoms with van der Waals surface area (Å²) in [6, 6.07) is 0. The number of rotatable bonds is 34. The summed E-state index contributed by atoms with van der Waals surface area (Å²) in [5, 5.41) is 0. The Hall–Kier alpha value is -0.530. The number of esters is 1. The second-order valence-electron chi connectivity index (χ2n) is 13.0. The fourth-order valence-corrected chi connectivity index (χ4v) is 6.09. The summed E-state index contributed by atoms with van der Waals surface area (Å²) in [5.41, 5.74) is 0. The summed E-state index contributed by atoms with van der Waals surface area (Å²) in [7, 11) is 0. The Morgan fingerprint density at radius 1 is 0.400 bits per heavy atom. The van der Waals surface area contributed by atoms with E-state index < -0.39 is 0 Å². The van der Waals surface area contributed by atoms with Gasteiger partial charge in [-0.2, -0.15) is 0 Å². The Kier molecular flexibility index (Phi) is 34.2. The van der Waals surface area contributed by atoms with E-state index >= 15 is 0 Å². The largest absolute Gasteiger partial charge is 0.466 e. The molecule has 0 aliphatic carbocycles. The number of hydrogen-bond donors (Lipinski definition) is 0. The minimum absolute atomic E-state index is 0.0453. The van der Waals surface area contributed by atoms with E-state index in [2.05, 4.69) is 20.8 Å². The molecule has 2 nitrogen and oxygen atoms in total.